The molecule has 1 aliphatic heterocycles. The standard InChI is InChI=1S/C12H13NOS/c1-13-11(15)8-7-10(12(13)14)9-5-3-2-4-6-9/h2-6,10H,7-8H2,1H3/t10-/m0/s1. The van der Waals surface area contributed by atoms with Gasteiger partial charge in [-0.2, -0.15) is 0 Å². The SMILES string of the molecule is CN1C(=O)[C@H](c2ccccc2)CCC1=S. The van der Waals surface area contributed by atoms with Gasteiger partial charge in [-0.3, -0.25) is 4.79 Å². The van der Waals surface area contributed by atoms with Crippen molar-refractivity contribution in [3.63, 3.8) is 0 Å². The summed E-state index contributed by atoms with van der Waals surface area (Å²) in [4.78, 5) is 14.3. The Morgan fingerprint density at radius 3 is 2.67 bits per heavy atom. The Bertz CT molecular complexity index is 388. The van der Waals surface area contributed by atoms with Gasteiger partial charge in [0.2, 0.25) is 5.91 Å². The molecule has 1 amide bonds. The maximum atomic E-state index is 12.0. The Morgan fingerprint density at radius 1 is 1.33 bits per heavy atom. The summed E-state index contributed by atoms with van der Waals surface area (Å²) in [6, 6.07) is 9.91. The molecule has 2 rings (SSSR count). The van der Waals surface area contributed by atoms with Crippen LogP contribution in [0.3, 0.4) is 0 Å². The van der Waals surface area contributed by atoms with Crippen molar-refractivity contribution in [3.05, 3.63) is 35.9 Å². The lowest BCUT2D eigenvalue weighted by Gasteiger charge is -2.29. The number of thiocarbonyl (C=S) groups is 1. The van der Waals surface area contributed by atoms with Gasteiger partial charge in [0.25, 0.3) is 0 Å². The van der Waals surface area contributed by atoms with Crippen molar-refractivity contribution in [1.29, 1.82) is 0 Å². The monoisotopic (exact) mass is 219 g/mol. The van der Waals surface area contributed by atoms with Crippen molar-refractivity contribution in [2.45, 2.75) is 18.8 Å². The van der Waals surface area contributed by atoms with E-state index in [1.807, 2.05) is 30.3 Å². The lowest BCUT2D eigenvalue weighted by molar-refractivity contribution is -0.128. The zero-order valence-electron chi connectivity index (χ0n) is 8.64. The smallest absolute Gasteiger partial charge is 0.234 e. The second-order valence-electron chi connectivity index (χ2n) is 3.79. The molecule has 2 nitrogen and oxygen atoms in total. The highest BCUT2D eigenvalue weighted by molar-refractivity contribution is 7.80. The molecule has 1 aliphatic rings. The Labute approximate surface area is 94.9 Å². The highest BCUT2D eigenvalue weighted by Crippen LogP contribution is 2.28. The summed E-state index contributed by atoms with van der Waals surface area (Å²) < 4.78 is 0. The van der Waals surface area contributed by atoms with Gasteiger partial charge in [0.15, 0.2) is 0 Å². The molecule has 1 heterocycles. The van der Waals surface area contributed by atoms with Crippen LogP contribution >= 0.6 is 12.2 Å². The molecule has 1 fully saturated rings. The van der Waals surface area contributed by atoms with Crippen LogP contribution in [0.2, 0.25) is 0 Å². The van der Waals surface area contributed by atoms with Gasteiger partial charge in [0.1, 0.15) is 0 Å². The van der Waals surface area contributed by atoms with Crippen LogP contribution in [0.5, 0.6) is 0 Å². The average molecular weight is 219 g/mol. The van der Waals surface area contributed by atoms with E-state index >= 15 is 0 Å². The summed E-state index contributed by atoms with van der Waals surface area (Å²) in [5, 5.41) is 0. The van der Waals surface area contributed by atoms with Gasteiger partial charge in [0.05, 0.1) is 10.9 Å². The lowest BCUT2D eigenvalue weighted by Crippen LogP contribution is -2.40. The van der Waals surface area contributed by atoms with Crippen LogP contribution in [0.15, 0.2) is 30.3 Å². The van der Waals surface area contributed by atoms with Gasteiger partial charge in [-0.15, -0.1) is 0 Å². The fourth-order valence-electron chi connectivity index (χ4n) is 1.91. The normalized spacial score (nSPS) is 21.9. The predicted molar refractivity (Wildman–Crippen MR) is 63.8 cm³/mol. The Balaban J connectivity index is 2.25. The first kappa shape index (κ1) is 10.3. The third-order valence-corrected chi connectivity index (χ3v) is 3.33. The molecule has 1 atom stereocenters. The fourth-order valence-corrected chi connectivity index (χ4v) is 2.12. The van der Waals surface area contributed by atoms with Crippen molar-refractivity contribution >= 4 is 23.1 Å². The molecule has 1 aromatic carbocycles. The summed E-state index contributed by atoms with van der Waals surface area (Å²) >= 11 is 5.11. The molecule has 0 unspecified atom stereocenters. The number of hydrogen-bond acceptors (Lipinski definition) is 2. The second-order valence-corrected chi connectivity index (χ2v) is 4.26. The van der Waals surface area contributed by atoms with E-state index in [9.17, 15) is 4.79 Å². The van der Waals surface area contributed by atoms with E-state index in [1.165, 1.54) is 0 Å². The number of carbonyl (C=O) groups is 1. The molecule has 0 aliphatic carbocycles. The molecule has 0 N–H and O–H groups in total. The molecule has 3 heteroatoms. The number of hydrogen-bond donors (Lipinski definition) is 0. The summed E-state index contributed by atoms with van der Waals surface area (Å²) in [5.74, 6) is 0.111. The summed E-state index contributed by atoms with van der Waals surface area (Å²) in [6.45, 7) is 0. The molecule has 0 radical (unpaired) electrons. The van der Waals surface area contributed by atoms with Crippen molar-refractivity contribution in [3.8, 4) is 0 Å². The third kappa shape index (κ3) is 1.92. The summed E-state index contributed by atoms with van der Waals surface area (Å²) in [5.41, 5.74) is 1.09. The van der Waals surface area contributed by atoms with Crippen LogP contribution in [0.25, 0.3) is 0 Å². The number of piperidine rings is 1. The highest BCUT2D eigenvalue weighted by Gasteiger charge is 2.30. The second kappa shape index (κ2) is 4.11. The zero-order valence-corrected chi connectivity index (χ0v) is 9.46. The van der Waals surface area contributed by atoms with Crippen molar-refractivity contribution in [1.82, 2.24) is 4.90 Å². The van der Waals surface area contributed by atoms with E-state index in [4.69, 9.17) is 12.2 Å². The van der Waals surface area contributed by atoms with E-state index in [0.717, 1.165) is 23.4 Å². The van der Waals surface area contributed by atoms with E-state index < -0.39 is 0 Å². The molecular weight excluding hydrogens is 206 g/mol. The maximum absolute atomic E-state index is 12.0. The van der Waals surface area contributed by atoms with Gasteiger partial charge in [-0.05, 0) is 18.4 Å². The van der Waals surface area contributed by atoms with Crippen LogP contribution < -0.4 is 0 Å². The Hall–Kier alpha value is -1.22. The van der Waals surface area contributed by atoms with E-state index in [-0.39, 0.29) is 11.8 Å². The maximum Gasteiger partial charge on any atom is 0.234 e. The van der Waals surface area contributed by atoms with E-state index in [1.54, 1.807) is 11.9 Å². The Morgan fingerprint density at radius 2 is 2.00 bits per heavy atom. The molecule has 1 aromatic rings. The molecular formula is C12H13NOS. The van der Waals surface area contributed by atoms with E-state index in [0.29, 0.717) is 0 Å². The van der Waals surface area contributed by atoms with Gasteiger partial charge in [0, 0.05) is 7.05 Å². The van der Waals surface area contributed by atoms with E-state index in [2.05, 4.69) is 0 Å². The largest absolute Gasteiger partial charge is 0.309 e. The van der Waals surface area contributed by atoms with Gasteiger partial charge in [-0.1, -0.05) is 42.5 Å². The molecule has 0 spiro atoms. The fraction of sp³-hybridized carbons (Fsp3) is 0.333. The molecule has 15 heavy (non-hydrogen) atoms. The first-order valence-electron chi connectivity index (χ1n) is 5.05. The number of benzene rings is 1. The number of rotatable bonds is 1. The average Bonchev–Trinajstić information content (AvgIpc) is 2.27. The lowest BCUT2D eigenvalue weighted by atomic mass is 9.90. The topological polar surface area (TPSA) is 20.3 Å². The first-order valence-corrected chi connectivity index (χ1v) is 5.46. The van der Waals surface area contributed by atoms with Crippen LogP contribution in [-0.2, 0) is 4.79 Å². The minimum Gasteiger partial charge on any atom is -0.309 e. The number of nitrogens with zero attached hydrogens (tertiary/aromatic N) is 1. The molecule has 78 valence electrons. The molecule has 0 aromatic heterocycles. The predicted octanol–water partition coefficient (Wildman–Crippen LogP) is 2.35. The number of amides is 1. The number of likely N-dealkylation sites (tertiary alicyclic amines) is 1. The van der Waals surface area contributed by atoms with Gasteiger partial charge < -0.3 is 4.90 Å². The van der Waals surface area contributed by atoms with Crippen LogP contribution in [0.1, 0.15) is 24.3 Å². The quantitative estimate of drug-likeness (QED) is 0.676. The molecule has 0 saturated carbocycles. The molecule has 0 bridgehead atoms. The summed E-state index contributed by atoms with van der Waals surface area (Å²) in [7, 11) is 1.76. The van der Waals surface area contributed by atoms with Crippen molar-refractivity contribution in [2.75, 3.05) is 7.05 Å². The van der Waals surface area contributed by atoms with Gasteiger partial charge >= 0.3 is 0 Å². The van der Waals surface area contributed by atoms with Crippen LogP contribution in [0.4, 0.5) is 0 Å². The highest BCUT2D eigenvalue weighted by atomic mass is 32.1. The molecule has 1 saturated heterocycles. The third-order valence-electron chi connectivity index (χ3n) is 2.85. The summed E-state index contributed by atoms with van der Waals surface area (Å²) in [6.07, 6.45) is 1.67. The van der Waals surface area contributed by atoms with Crippen LogP contribution in [0, 0.1) is 0 Å². The zero-order chi connectivity index (χ0) is 10.8. The number of carbonyl (C=O) groups excluding carboxylic acids is 1. The van der Waals surface area contributed by atoms with Crippen molar-refractivity contribution < 1.29 is 4.79 Å². The first-order chi connectivity index (χ1) is 7.20. The minimum atomic E-state index is -0.0112. The van der Waals surface area contributed by atoms with Crippen LogP contribution in [-0.4, -0.2) is 22.8 Å². The number of likely N-dealkylation sites (N-methyl/N-ethyl adjacent to an activating group) is 1. The van der Waals surface area contributed by atoms with Crippen molar-refractivity contribution in [2.24, 2.45) is 0 Å². The minimum absolute atomic E-state index is 0.0112. The van der Waals surface area contributed by atoms with Gasteiger partial charge in [-0.25, -0.2) is 0 Å². The Kier molecular flexibility index (Phi) is 2.82.